The standard InChI is InChI=1S/C32H44O5/c1-8-9-10-11-22-26(30(36)37-24-15-20-16-32(24,7)17-31(20,5)6)28(34)25(29(35)27(22)33)23-14-19(4)12-13-21(23)18(2)3/h14,20-21,23-24,35H,2,8-13,15-17H2,1,3-7H3/t20-,21-,23+,24+,32+/m0/s1. The Kier molecular flexibility index (Phi) is 7.49. The van der Waals surface area contributed by atoms with Gasteiger partial charge in [0.15, 0.2) is 5.76 Å². The minimum Gasteiger partial charge on any atom is -0.504 e. The van der Waals surface area contributed by atoms with Crippen LogP contribution < -0.4 is 0 Å². The highest BCUT2D eigenvalue weighted by Gasteiger charge is 2.59. The molecule has 0 unspecified atom stereocenters. The number of ketones is 2. The van der Waals surface area contributed by atoms with Crippen LogP contribution in [-0.4, -0.2) is 28.7 Å². The molecule has 1 N–H and O–H groups in total. The van der Waals surface area contributed by atoms with Gasteiger partial charge in [0.1, 0.15) is 11.7 Å². The second-order valence-electron chi connectivity index (χ2n) is 13.1. The van der Waals surface area contributed by atoms with Gasteiger partial charge in [-0.3, -0.25) is 9.59 Å². The molecule has 2 saturated carbocycles. The number of aliphatic hydroxyl groups is 1. The van der Waals surface area contributed by atoms with Crippen molar-refractivity contribution in [3.63, 3.8) is 0 Å². The van der Waals surface area contributed by atoms with Crippen molar-refractivity contribution in [3.8, 4) is 0 Å². The summed E-state index contributed by atoms with van der Waals surface area (Å²) in [6.07, 6.45) is 8.85. The van der Waals surface area contributed by atoms with Crippen molar-refractivity contribution in [2.24, 2.45) is 28.6 Å². The zero-order valence-corrected chi connectivity index (χ0v) is 23.5. The molecular formula is C32H44O5. The summed E-state index contributed by atoms with van der Waals surface area (Å²) >= 11 is 0. The Balaban J connectivity index is 1.70. The fourth-order valence-corrected chi connectivity index (χ4v) is 7.65. The molecule has 4 aliphatic rings. The van der Waals surface area contributed by atoms with E-state index in [1.807, 2.05) is 19.9 Å². The van der Waals surface area contributed by atoms with Crippen LogP contribution in [0.15, 0.2) is 46.3 Å². The number of carbonyl (C=O) groups excluding carboxylic acids is 3. The van der Waals surface area contributed by atoms with E-state index >= 15 is 0 Å². The number of esters is 1. The number of ether oxygens (including phenoxy) is 1. The summed E-state index contributed by atoms with van der Waals surface area (Å²) < 4.78 is 6.10. The van der Waals surface area contributed by atoms with Crippen LogP contribution in [0.4, 0.5) is 0 Å². The van der Waals surface area contributed by atoms with E-state index in [-0.39, 0.29) is 46.0 Å². The fraction of sp³-hybridized carbons (Fsp3) is 0.656. The van der Waals surface area contributed by atoms with Crippen molar-refractivity contribution in [2.45, 2.75) is 105 Å². The molecule has 0 aromatic rings. The monoisotopic (exact) mass is 508 g/mol. The molecule has 5 heteroatoms. The molecular weight excluding hydrogens is 464 g/mol. The third kappa shape index (κ3) is 4.91. The third-order valence-corrected chi connectivity index (χ3v) is 9.67. The first-order valence-corrected chi connectivity index (χ1v) is 14.1. The number of hydrogen-bond acceptors (Lipinski definition) is 5. The van der Waals surface area contributed by atoms with Crippen LogP contribution in [0, 0.1) is 28.6 Å². The number of allylic oxidation sites excluding steroid dienone is 5. The van der Waals surface area contributed by atoms with Crippen LogP contribution in [0.25, 0.3) is 0 Å². The second kappa shape index (κ2) is 10.0. The van der Waals surface area contributed by atoms with E-state index in [4.69, 9.17) is 4.74 Å². The average molecular weight is 509 g/mol. The van der Waals surface area contributed by atoms with Crippen LogP contribution in [-0.2, 0) is 19.1 Å². The molecule has 37 heavy (non-hydrogen) atoms. The topological polar surface area (TPSA) is 80.7 Å². The zero-order chi connectivity index (χ0) is 27.3. The maximum Gasteiger partial charge on any atom is 0.342 e. The lowest BCUT2D eigenvalue weighted by Gasteiger charge is -2.39. The predicted octanol–water partition coefficient (Wildman–Crippen LogP) is 7.13. The summed E-state index contributed by atoms with van der Waals surface area (Å²) in [5.41, 5.74) is 2.07. The lowest BCUT2D eigenvalue weighted by molar-refractivity contribution is -0.153. The van der Waals surface area contributed by atoms with E-state index in [0.717, 1.165) is 56.1 Å². The number of unbranched alkanes of at least 4 members (excludes halogenated alkanes) is 2. The number of aliphatic hydroxyl groups excluding tert-OH is 1. The first-order valence-electron chi connectivity index (χ1n) is 14.1. The number of rotatable bonds is 8. The van der Waals surface area contributed by atoms with Crippen molar-refractivity contribution in [2.75, 3.05) is 0 Å². The van der Waals surface area contributed by atoms with Gasteiger partial charge in [0.2, 0.25) is 11.6 Å². The molecule has 4 aliphatic carbocycles. The number of Topliss-reactive ketones (excluding diaryl/α,β-unsaturated/α-hetero) is 2. The van der Waals surface area contributed by atoms with Crippen molar-refractivity contribution in [1.29, 1.82) is 0 Å². The molecule has 0 aromatic carbocycles. The summed E-state index contributed by atoms with van der Waals surface area (Å²) in [5.74, 6) is -2.45. The minimum atomic E-state index is -0.699. The van der Waals surface area contributed by atoms with Crippen LogP contribution in [0.1, 0.15) is 99.3 Å². The van der Waals surface area contributed by atoms with Crippen molar-refractivity contribution < 1.29 is 24.2 Å². The first kappa shape index (κ1) is 27.6. The van der Waals surface area contributed by atoms with Crippen LogP contribution in [0.3, 0.4) is 0 Å². The van der Waals surface area contributed by atoms with E-state index in [1.165, 1.54) is 0 Å². The number of hydrogen-bond donors (Lipinski definition) is 1. The van der Waals surface area contributed by atoms with E-state index in [0.29, 0.717) is 12.3 Å². The average Bonchev–Trinajstić information content (AvgIpc) is 3.24. The molecule has 4 rings (SSSR count). The third-order valence-electron chi connectivity index (χ3n) is 9.67. The molecule has 0 spiro atoms. The molecule has 202 valence electrons. The van der Waals surface area contributed by atoms with Crippen LogP contribution in [0.2, 0.25) is 0 Å². The van der Waals surface area contributed by atoms with E-state index < -0.39 is 29.2 Å². The molecule has 0 radical (unpaired) electrons. The molecule has 0 saturated heterocycles. The smallest absolute Gasteiger partial charge is 0.342 e. The van der Waals surface area contributed by atoms with Gasteiger partial charge >= 0.3 is 5.97 Å². The first-order chi connectivity index (χ1) is 17.3. The van der Waals surface area contributed by atoms with Gasteiger partial charge in [0, 0.05) is 16.9 Å². The van der Waals surface area contributed by atoms with Gasteiger partial charge in [-0.2, -0.15) is 0 Å². The Bertz CT molecular complexity index is 1120. The van der Waals surface area contributed by atoms with Gasteiger partial charge in [0.25, 0.3) is 0 Å². The zero-order valence-electron chi connectivity index (χ0n) is 23.5. The summed E-state index contributed by atoms with van der Waals surface area (Å²) in [5, 5.41) is 11.1. The van der Waals surface area contributed by atoms with Crippen molar-refractivity contribution >= 4 is 17.5 Å². The van der Waals surface area contributed by atoms with Gasteiger partial charge in [0.05, 0.1) is 5.57 Å². The van der Waals surface area contributed by atoms with Gasteiger partial charge in [-0.15, -0.1) is 0 Å². The Morgan fingerprint density at radius 1 is 1.19 bits per heavy atom. The normalized spacial score (nSPS) is 33.2. The molecule has 0 aromatic heterocycles. The SMILES string of the molecule is C=C(C)[C@@H]1CCC(C)=C[C@H]1C1=C(O)C(=O)C(CCCCC)=C(C(=O)O[C@@H]2C[C@H]3C[C@]2(C)CC3(C)C)C1=O. The number of carbonyl (C=O) groups is 3. The predicted molar refractivity (Wildman–Crippen MR) is 145 cm³/mol. The molecule has 5 nitrogen and oxygen atoms in total. The van der Waals surface area contributed by atoms with Gasteiger partial charge in [-0.1, -0.05) is 64.3 Å². The Morgan fingerprint density at radius 2 is 1.89 bits per heavy atom. The Labute approximate surface area is 222 Å². The maximum absolute atomic E-state index is 14.1. The van der Waals surface area contributed by atoms with Crippen molar-refractivity contribution in [1.82, 2.24) is 0 Å². The second-order valence-corrected chi connectivity index (χ2v) is 13.1. The van der Waals surface area contributed by atoms with Gasteiger partial charge in [-0.05, 0) is 76.0 Å². The molecule has 2 fully saturated rings. The van der Waals surface area contributed by atoms with E-state index in [1.54, 1.807) is 0 Å². The highest BCUT2D eigenvalue weighted by atomic mass is 16.5. The molecule has 0 aliphatic heterocycles. The van der Waals surface area contributed by atoms with Crippen LogP contribution in [0.5, 0.6) is 0 Å². The van der Waals surface area contributed by atoms with Crippen molar-refractivity contribution in [3.05, 3.63) is 46.3 Å². The maximum atomic E-state index is 14.1. The summed E-state index contributed by atoms with van der Waals surface area (Å²) in [6, 6.07) is 0. The Hall–Kier alpha value is -2.43. The van der Waals surface area contributed by atoms with Gasteiger partial charge in [-0.25, -0.2) is 4.79 Å². The van der Waals surface area contributed by atoms with E-state index in [9.17, 15) is 19.5 Å². The Morgan fingerprint density at radius 3 is 2.46 bits per heavy atom. The van der Waals surface area contributed by atoms with E-state index in [2.05, 4.69) is 34.3 Å². The summed E-state index contributed by atoms with van der Waals surface area (Å²) in [6.45, 7) is 16.8. The molecule has 0 heterocycles. The minimum absolute atomic E-state index is 0.0310. The highest BCUT2D eigenvalue weighted by molar-refractivity contribution is 6.34. The van der Waals surface area contributed by atoms with Crippen LogP contribution >= 0.6 is 0 Å². The quantitative estimate of drug-likeness (QED) is 0.124. The lowest BCUT2D eigenvalue weighted by atomic mass is 9.69. The number of fused-ring (bicyclic) bond motifs is 2. The largest absolute Gasteiger partial charge is 0.504 e. The van der Waals surface area contributed by atoms with Gasteiger partial charge < -0.3 is 9.84 Å². The molecule has 2 bridgehead atoms. The lowest BCUT2D eigenvalue weighted by Crippen LogP contribution is -2.40. The molecule has 0 amide bonds. The molecule has 5 atom stereocenters. The highest BCUT2D eigenvalue weighted by Crippen LogP contribution is 2.63. The fourth-order valence-electron chi connectivity index (χ4n) is 7.65. The summed E-state index contributed by atoms with van der Waals surface area (Å²) in [7, 11) is 0. The summed E-state index contributed by atoms with van der Waals surface area (Å²) in [4.78, 5) is 41.4.